The maximum absolute atomic E-state index is 13.0. The lowest BCUT2D eigenvalue weighted by atomic mass is 9.99. The van der Waals surface area contributed by atoms with E-state index in [1.165, 1.54) is 182 Å². The Bertz CT molecular complexity index is 1040. The van der Waals surface area contributed by atoms with E-state index >= 15 is 0 Å². The Kier molecular flexibility index (Phi) is 34.1. The standard InChI is InChI=1S/C50H94O9Si/c1-8-11-14-17-20-23-26-29-32-35-38-60(39-36-33-30-27-24-21-18-15-12-9-2,40-37-34-31-28-25-22-19-16-13-10-3)50-49(58-45(7)54)48(57-44(6)53)47(56-43(5)52)46(59-50)41-55-42(4)51/h46-50H,8-41H2,1-7H3. The molecule has 0 N–H and O–H groups in total. The number of carbonyl (C=O) groups is 4. The fourth-order valence-corrected chi connectivity index (χ4v) is 15.3. The van der Waals surface area contributed by atoms with E-state index in [0.717, 1.165) is 56.7 Å². The molecule has 0 saturated carbocycles. The molecule has 0 radical (unpaired) electrons. The van der Waals surface area contributed by atoms with E-state index in [-0.39, 0.29) is 6.61 Å². The summed E-state index contributed by atoms with van der Waals surface area (Å²) >= 11 is 0. The van der Waals surface area contributed by atoms with Crippen molar-refractivity contribution in [3.05, 3.63) is 0 Å². The molecule has 10 heteroatoms. The molecule has 5 atom stereocenters. The van der Waals surface area contributed by atoms with Crippen molar-refractivity contribution < 1.29 is 42.9 Å². The number of carbonyl (C=O) groups excluding carboxylic acids is 4. The summed E-state index contributed by atoms with van der Waals surface area (Å²) in [5.74, 6) is -2.12. The highest BCUT2D eigenvalue weighted by atomic mass is 28.3. The summed E-state index contributed by atoms with van der Waals surface area (Å²) in [4.78, 5) is 50.5. The average Bonchev–Trinajstić information content (AvgIpc) is 3.20. The first-order valence-electron chi connectivity index (χ1n) is 25.3. The summed E-state index contributed by atoms with van der Waals surface area (Å²) < 4.78 is 30.7. The molecular formula is C50H94O9Si. The van der Waals surface area contributed by atoms with Crippen LogP contribution in [0.5, 0.6) is 0 Å². The lowest BCUT2D eigenvalue weighted by molar-refractivity contribution is -0.240. The minimum atomic E-state index is -2.53. The number of hydrogen-bond acceptors (Lipinski definition) is 9. The predicted octanol–water partition coefficient (Wildman–Crippen LogP) is 13.9. The Labute approximate surface area is 369 Å². The molecule has 1 aliphatic rings. The fourth-order valence-electron chi connectivity index (χ4n) is 9.42. The summed E-state index contributed by atoms with van der Waals surface area (Å²) in [6.45, 7) is 12.0. The second-order valence-corrected chi connectivity index (χ2v) is 23.1. The number of unbranched alkanes of at least 4 members (excludes halogenated alkanes) is 27. The van der Waals surface area contributed by atoms with Gasteiger partial charge in [0.1, 0.15) is 12.7 Å². The third-order valence-corrected chi connectivity index (χ3v) is 18.4. The summed E-state index contributed by atoms with van der Waals surface area (Å²) in [5, 5.41) is 0. The molecule has 0 aromatic heterocycles. The van der Waals surface area contributed by atoms with E-state index in [9.17, 15) is 19.2 Å². The summed E-state index contributed by atoms with van der Waals surface area (Å²) in [5.41, 5.74) is -0.520. The summed E-state index contributed by atoms with van der Waals surface area (Å²) in [6.07, 6.45) is 33.5. The van der Waals surface area contributed by atoms with Crippen molar-refractivity contribution in [2.75, 3.05) is 6.61 Å². The molecule has 0 amide bonds. The van der Waals surface area contributed by atoms with E-state index in [1.807, 2.05) is 0 Å². The third-order valence-electron chi connectivity index (χ3n) is 12.7. The van der Waals surface area contributed by atoms with Gasteiger partial charge < -0.3 is 23.7 Å². The van der Waals surface area contributed by atoms with E-state index < -0.39 is 62.1 Å². The fraction of sp³-hybridized carbons (Fsp3) is 0.920. The van der Waals surface area contributed by atoms with E-state index in [1.54, 1.807) is 0 Å². The number of ether oxygens (including phenoxy) is 5. The van der Waals surface area contributed by atoms with Crippen LogP contribution in [0.15, 0.2) is 0 Å². The monoisotopic (exact) mass is 867 g/mol. The topological polar surface area (TPSA) is 114 Å². The van der Waals surface area contributed by atoms with Crippen molar-refractivity contribution in [2.45, 2.75) is 289 Å². The molecule has 60 heavy (non-hydrogen) atoms. The van der Waals surface area contributed by atoms with Crippen LogP contribution in [0.25, 0.3) is 0 Å². The zero-order valence-corrected chi connectivity index (χ0v) is 41.1. The Morgan fingerprint density at radius 3 is 0.967 bits per heavy atom. The molecule has 5 unspecified atom stereocenters. The Balaban J connectivity index is 3.50. The maximum Gasteiger partial charge on any atom is 0.303 e. The van der Waals surface area contributed by atoms with E-state index in [0.29, 0.717) is 0 Å². The molecule has 1 aliphatic heterocycles. The van der Waals surface area contributed by atoms with E-state index in [4.69, 9.17) is 23.7 Å². The minimum absolute atomic E-state index is 0.159. The van der Waals surface area contributed by atoms with Crippen LogP contribution in [0.1, 0.15) is 241 Å². The van der Waals surface area contributed by atoms with Gasteiger partial charge in [0.25, 0.3) is 0 Å². The second kappa shape index (κ2) is 36.5. The highest BCUT2D eigenvalue weighted by Gasteiger charge is 2.58. The first-order chi connectivity index (χ1) is 29.0. The summed E-state index contributed by atoms with van der Waals surface area (Å²) in [6, 6.07) is 3.06. The van der Waals surface area contributed by atoms with E-state index in [2.05, 4.69) is 20.8 Å². The first-order valence-corrected chi connectivity index (χ1v) is 28.0. The largest absolute Gasteiger partial charge is 0.463 e. The van der Waals surface area contributed by atoms with Gasteiger partial charge in [0, 0.05) is 27.7 Å². The number of esters is 4. The van der Waals surface area contributed by atoms with Gasteiger partial charge in [0.15, 0.2) is 18.3 Å². The van der Waals surface area contributed by atoms with Crippen LogP contribution < -0.4 is 0 Å². The van der Waals surface area contributed by atoms with Gasteiger partial charge in [-0.2, -0.15) is 0 Å². The van der Waals surface area contributed by atoms with Crippen molar-refractivity contribution in [3.63, 3.8) is 0 Å². The van der Waals surface area contributed by atoms with Crippen LogP contribution in [0.3, 0.4) is 0 Å². The number of rotatable bonds is 39. The van der Waals surface area contributed by atoms with Crippen LogP contribution >= 0.6 is 0 Å². The SMILES string of the molecule is CCCCCCCCCCCC[Si](CCCCCCCCCCCC)(CCCCCCCCCCCC)C1OC(COC(C)=O)C(OC(C)=O)C(OC(C)=O)C1OC(C)=O. The molecule has 1 rings (SSSR count). The normalized spacial score (nSPS) is 19.2. The van der Waals surface area contributed by atoms with Gasteiger partial charge in [0.2, 0.25) is 0 Å². The van der Waals surface area contributed by atoms with Gasteiger partial charge in [0.05, 0.1) is 13.8 Å². The Hall–Kier alpha value is -1.94. The smallest absolute Gasteiger partial charge is 0.303 e. The molecule has 9 nitrogen and oxygen atoms in total. The van der Waals surface area contributed by atoms with Crippen molar-refractivity contribution in [3.8, 4) is 0 Å². The van der Waals surface area contributed by atoms with Crippen LogP contribution in [-0.4, -0.2) is 68.7 Å². The lowest BCUT2D eigenvalue weighted by Gasteiger charge is -2.51. The van der Waals surface area contributed by atoms with Gasteiger partial charge in [-0.25, -0.2) is 0 Å². The average molecular weight is 867 g/mol. The molecule has 0 aliphatic carbocycles. The van der Waals surface area contributed by atoms with Gasteiger partial charge in [-0.1, -0.05) is 232 Å². The zero-order valence-electron chi connectivity index (χ0n) is 40.1. The van der Waals surface area contributed by atoms with Gasteiger partial charge in [-0.05, 0) is 0 Å². The molecule has 0 spiro atoms. The van der Waals surface area contributed by atoms with Crippen molar-refractivity contribution in [1.29, 1.82) is 0 Å². The third kappa shape index (κ3) is 26.5. The highest BCUT2D eigenvalue weighted by Crippen LogP contribution is 2.42. The van der Waals surface area contributed by atoms with Gasteiger partial charge in [-0.15, -0.1) is 0 Å². The molecule has 0 aromatic carbocycles. The Morgan fingerprint density at radius 2 is 0.667 bits per heavy atom. The molecule has 1 saturated heterocycles. The van der Waals surface area contributed by atoms with Crippen LogP contribution in [-0.2, 0) is 42.9 Å². The van der Waals surface area contributed by atoms with Crippen molar-refractivity contribution >= 4 is 32.0 Å². The quantitative estimate of drug-likeness (QED) is 0.0258. The van der Waals surface area contributed by atoms with Crippen molar-refractivity contribution in [1.82, 2.24) is 0 Å². The predicted molar refractivity (Wildman–Crippen MR) is 248 cm³/mol. The van der Waals surface area contributed by atoms with Crippen LogP contribution in [0.4, 0.5) is 0 Å². The van der Waals surface area contributed by atoms with Crippen LogP contribution in [0, 0.1) is 0 Å². The lowest BCUT2D eigenvalue weighted by Crippen LogP contribution is -2.69. The molecule has 352 valence electrons. The van der Waals surface area contributed by atoms with Crippen LogP contribution in [0.2, 0.25) is 18.1 Å². The molecule has 0 aromatic rings. The zero-order chi connectivity index (χ0) is 44.3. The minimum Gasteiger partial charge on any atom is -0.463 e. The molecule has 1 heterocycles. The molecular weight excluding hydrogens is 773 g/mol. The van der Waals surface area contributed by atoms with Gasteiger partial charge >= 0.3 is 23.9 Å². The van der Waals surface area contributed by atoms with Gasteiger partial charge in [-0.3, -0.25) is 19.2 Å². The molecule has 1 fully saturated rings. The first kappa shape index (κ1) is 56.1. The molecule has 0 bridgehead atoms. The maximum atomic E-state index is 13.0. The number of hydrogen-bond donors (Lipinski definition) is 0. The Morgan fingerprint density at radius 1 is 0.383 bits per heavy atom. The summed E-state index contributed by atoms with van der Waals surface area (Å²) in [7, 11) is -2.53. The van der Waals surface area contributed by atoms with Crippen molar-refractivity contribution in [2.24, 2.45) is 0 Å². The second-order valence-electron chi connectivity index (χ2n) is 18.3. The highest BCUT2D eigenvalue weighted by molar-refractivity contribution is 6.81.